The van der Waals surface area contributed by atoms with Gasteiger partial charge in [0.1, 0.15) is 10.6 Å². The molecule has 0 saturated carbocycles. The van der Waals surface area contributed by atoms with E-state index in [0.29, 0.717) is 33.4 Å². The lowest BCUT2D eigenvalue weighted by Gasteiger charge is -2.21. The fourth-order valence-corrected chi connectivity index (χ4v) is 4.88. The van der Waals surface area contributed by atoms with Crippen molar-refractivity contribution in [3.8, 4) is 5.75 Å². The van der Waals surface area contributed by atoms with Crippen LogP contribution < -0.4 is 15.0 Å². The van der Waals surface area contributed by atoms with Crippen molar-refractivity contribution in [3.05, 3.63) is 88.3 Å². The lowest BCUT2D eigenvalue weighted by Crippen LogP contribution is -2.30. The van der Waals surface area contributed by atoms with Crippen molar-refractivity contribution in [2.45, 2.75) is 6.92 Å². The highest BCUT2D eigenvalue weighted by atomic mass is 35.5. The molecule has 0 atom stereocenters. The first-order chi connectivity index (χ1) is 15.5. The number of hydrogen-bond donors (Lipinski definition) is 1. The van der Waals surface area contributed by atoms with Crippen molar-refractivity contribution in [3.63, 3.8) is 0 Å². The maximum absolute atomic E-state index is 13.1. The van der Waals surface area contributed by atoms with Gasteiger partial charge in [-0.05, 0) is 55.5 Å². The van der Waals surface area contributed by atoms with E-state index >= 15 is 0 Å². The van der Waals surface area contributed by atoms with Crippen molar-refractivity contribution in [1.29, 1.82) is 0 Å². The highest BCUT2D eigenvalue weighted by molar-refractivity contribution is 7.21. The van der Waals surface area contributed by atoms with Crippen molar-refractivity contribution >= 4 is 56.2 Å². The number of nitrogens with zero attached hydrogens (tertiary/aromatic N) is 1. The van der Waals surface area contributed by atoms with Gasteiger partial charge in [0.2, 0.25) is 0 Å². The van der Waals surface area contributed by atoms with Crippen LogP contribution in [0.3, 0.4) is 0 Å². The Morgan fingerprint density at radius 1 is 1.03 bits per heavy atom. The zero-order chi connectivity index (χ0) is 22.7. The molecule has 0 bridgehead atoms. The summed E-state index contributed by atoms with van der Waals surface area (Å²) in [5.74, 6) is 0.240. The Morgan fingerprint density at radius 3 is 2.53 bits per heavy atom. The zero-order valence-electron chi connectivity index (χ0n) is 17.6. The minimum Gasteiger partial charge on any atom is -0.497 e. The Balaban J connectivity index is 1.58. The van der Waals surface area contributed by atoms with Crippen LogP contribution in [-0.4, -0.2) is 25.5 Å². The first-order valence-electron chi connectivity index (χ1n) is 10.1. The fourth-order valence-electron chi connectivity index (χ4n) is 3.44. The maximum Gasteiger partial charge on any atom is 0.267 e. The monoisotopic (exact) mass is 464 g/mol. The molecule has 0 radical (unpaired) electrons. The summed E-state index contributed by atoms with van der Waals surface area (Å²) >= 11 is 7.77. The lowest BCUT2D eigenvalue weighted by molar-refractivity contribution is 0.0985. The fraction of sp³-hybridized carbons (Fsp3) is 0.120. The molecule has 0 unspecified atom stereocenters. The summed E-state index contributed by atoms with van der Waals surface area (Å²) in [5.41, 5.74) is 1.83. The molecular formula is C25H21ClN2O3S. The van der Waals surface area contributed by atoms with Crippen LogP contribution in [0.15, 0.2) is 72.8 Å². The highest BCUT2D eigenvalue weighted by Gasteiger charge is 2.20. The van der Waals surface area contributed by atoms with Crippen LogP contribution in [0.1, 0.15) is 27.0 Å². The number of carbonyl (C=O) groups excluding carboxylic acids is 2. The van der Waals surface area contributed by atoms with E-state index in [9.17, 15) is 9.59 Å². The van der Waals surface area contributed by atoms with Gasteiger partial charge in [-0.2, -0.15) is 0 Å². The van der Waals surface area contributed by atoms with Crippen molar-refractivity contribution in [2.24, 2.45) is 0 Å². The molecule has 2 amide bonds. The summed E-state index contributed by atoms with van der Waals surface area (Å²) in [5, 5.41) is 4.07. The standard InChI is InChI=1S/C25H21ClN2O3S/c1-3-28(18-10-5-4-6-11-18)25(30)16-8-7-9-17(14-16)27-24(29)23-22(26)20-13-12-19(31-2)15-21(20)32-23/h4-15H,3H2,1-2H3,(H,27,29). The number of hydrogen-bond acceptors (Lipinski definition) is 4. The summed E-state index contributed by atoms with van der Waals surface area (Å²) in [6.07, 6.45) is 0. The molecule has 1 aromatic heterocycles. The second-order valence-corrected chi connectivity index (χ2v) is 8.46. The Labute approximate surface area is 195 Å². The third-order valence-corrected chi connectivity index (χ3v) is 6.70. The first-order valence-corrected chi connectivity index (χ1v) is 11.3. The predicted octanol–water partition coefficient (Wildman–Crippen LogP) is 6.48. The van der Waals surface area contributed by atoms with Crippen LogP contribution in [-0.2, 0) is 0 Å². The van der Waals surface area contributed by atoms with E-state index in [4.69, 9.17) is 16.3 Å². The second-order valence-electron chi connectivity index (χ2n) is 7.03. The molecule has 1 heterocycles. The van der Waals surface area contributed by atoms with Crippen LogP contribution in [0.4, 0.5) is 11.4 Å². The van der Waals surface area contributed by atoms with E-state index < -0.39 is 0 Å². The Morgan fingerprint density at radius 2 is 1.81 bits per heavy atom. The number of nitrogens with one attached hydrogen (secondary N) is 1. The SMILES string of the molecule is CCN(C(=O)c1cccc(NC(=O)c2sc3cc(OC)ccc3c2Cl)c1)c1ccccc1. The van der Waals surface area contributed by atoms with Gasteiger partial charge in [-0.15, -0.1) is 11.3 Å². The zero-order valence-corrected chi connectivity index (χ0v) is 19.2. The van der Waals surface area contributed by atoms with Crippen LogP contribution >= 0.6 is 22.9 Å². The van der Waals surface area contributed by atoms with E-state index in [1.165, 1.54) is 11.3 Å². The average molecular weight is 465 g/mol. The Bertz CT molecular complexity index is 1290. The van der Waals surface area contributed by atoms with Crippen LogP contribution in [0.2, 0.25) is 5.02 Å². The van der Waals surface area contributed by atoms with E-state index in [-0.39, 0.29) is 11.8 Å². The number of rotatable bonds is 6. The predicted molar refractivity (Wildman–Crippen MR) is 132 cm³/mol. The van der Waals surface area contributed by atoms with E-state index in [1.54, 1.807) is 36.3 Å². The van der Waals surface area contributed by atoms with Gasteiger partial charge in [0.15, 0.2) is 0 Å². The molecule has 0 aliphatic heterocycles. The van der Waals surface area contributed by atoms with Gasteiger partial charge in [-0.1, -0.05) is 35.9 Å². The Kier molecular flexibility index (Phi) is 6.44. The quantitative estimate of drug-likeness (QED) is 0.355. The molecule has 0 spiro atoms. The van der Waals surface area contributed by atoms with Crippen LogP contribution in [0.5, 0.6) is 5.75 Å². The summed E-state index contributed by atoms with van der Waals surface area (Å²) in [6, 6.07) is 21.9. The smallest absolute Gasteiger partial charge is 0.267 e. The molecule has 0 aliphatic rings. The largest absolute Gasteiger partial charge is 0.497 e. The molecule has 1 N–H and O–H groups in total. The molecule has 0 saturated heterocycles. The molecular weight excluding hydrogens is 444 g/mol. The minimum atomic E-state index is -0.324. The number of anilines is 2. The molecule has 7 heteroatoms. The van der Waals surface area contributed by atoms with Gasteiger partial charge in [-0.25, -0.2) is 0 Å². The number of methoxy groups -OCH3 is 1. The Hall–Kier alpha value is -3.35. The van der Waals surface area contributed by atoms with Crippen LogP contribution in [0.25, 0.3) is 10.1 Å². The third-order valence-electron chi connectivity index (χ3n) is 5.04. The number of halogens is 1. The number of para-hydroxylation sites is 1. The van der Waals surface area contributed by atoms with Crippen molar-refractivity contribution in [1.82, 2.24) is 0 Å². The van der Waals surface area contributed by atoms with E-state index in [2.05, 4.69) is 5.32 Å². The van der Waals surface area contributed by atoms with Gasteiger partial charge in [0.05, 0.1) is 12.1 Å². The van der Waals surface area contributed by atoms with Gasteiger partial charge in [0, 0.05) is 33.6 Å². The van der Waals surface area contributed by atoms with Crippen molar-refractivity contribution in [2.75, 3.05) is 23.9 Å². The van der Waals surface area contributed by atoms with Crippen molar-refractivity contribution < 1.29 is 14.3 Å². The highest BCUT2D eigenvalue weighted by Crippen LogP contribution is 2.37. The molecule has 162 valence electrons. The summed E-state index contributed by atoms with van der Waals surface area (Å²) in [6.45, 7) is 2.45. The molecule has 0 aliphatic carbocycles. The van der Waals surface area contributed by atoms with Gasteiger partial charge in [0.25, 0.3) is 11.8 Å². The van der Waals surface area contributed by atoms with Crippen LogP contribution in [0, 0.1) is 0 Å². The number of carbonyl (C=O) groups is 2. The molecule has 32 heavy (non-hydrogen) atoms. The summed E-state index contributed by atoms with van der Waals surface area (Å²) < 4.78 is 6.12. The minimum absolute atomic E-state index is 0.137. The number of fused-ring (bicyclic) bond motifs is 1. The lowest BCUT2D eigenvalue weighted by atomic mass is 10.1. The molecule has 5 nitrogen and oxygen atoms in total. The normalized spacial score (nSPS) is 10.7. The third kappa shape index (κ3) is 4.33. The number of ether oxygens (including phenoxy) is 1. The second kappa shape index (κ2) is 9.42. The summed E-state index contributed by atoms with van der Waals surface area (Å²) in [7, 11) is 1.59. The van der Waals surface area contributed by atoms with Gasteiger partial charge in [-0.3, -0.25) is 9.59 Å². The first kappa shape index (κ1) is 21.9. The summed E-state index contributed by atoms with van der Waals surface area (Å²) in [4.78, 5) is 28.1. The van der Waals surface area contributed by atoms with E-state index in [1.807, 2.05) is 55.5 Å². The molecule has 4 rings (SSSR count). The molecule has 0 fully saturated rings. The van der Waals surface area contributed by atoms with E-state index in [0.717, 1.165) is 15.8 Å². The van der Waals surface area contributed by atoms with Gasteiger partial charge < -0.3 is 15.0 Å². The number of thiophene rings is 1. The topological polar surface area (TPSA) is 58.6 Å². The maximum atomic E-state index is 13.1. The number of benzene rings is 3. The average Bonchev–Trinajstić information content (AvgIpc) is 3.16. The molecule has 3 aromatic carbocycles. The molecule has 4 aromatic rings. The number of amides is 2. The van der Waals surface area contributed by atoms with Gasteiger partial charge >= 0.3 is 0 Å².